The van der Waals surface area contributed by atoms with Crippen LogP contribution in [0.25, 0.3) is 0 Å². The summed E-state index contributed by atoms with van der Waals surface area (Å²) in [7, 11) is 1.69. The van der Waals surface area contributed by atoms with Crippen molar-refractivity contribution in [2.75, 3.05) is 6.54 Å². The molecule has 0 radical (unpaired) electrons. The molecule has 110 valence electrons. The van der Waals surface area contributed by atoms with Crippen molar-refractivity contribution < 1.29 is 9.59 Å². The maximum atomic E-state index is 11.9. The normalized spacial score (nSPS) is 10.2. The van der Waals surface area contributed by atoms with Gasteiger partial charge in [-0.15, -0.1) is 0 Å². The number of aromatic nitrogens is 3. The van der Waals surface area contributed by atoms with E-state index in [1.807, 2.05) is 12.1 Å². The lowest BCUT2D eigenvalue weighted by Gasteiger charge is -2.07. The standard InChI is InChI=1S/C14H17N5O2/c1-10-7-12(19(2)18-10)14(21)17-9-13(20)16-8-11-3-5-15-6-4-11/h3-7H,8-9H2,1-2H3,(H,16,20)(H,17,21). The highest BCUT2D eigenvalue weighted by molar-refractivity contribution is 5.95. The predicted molar refractivity (Wildman–Crippen MR) is 76.4 cm³/mol. The van der Waals surface area contributed by atoms with Gasteiger partial charge >= 0.3 is 0 Å². The summed E-state index contributed by atoms with van der Waals surface area (Å²) in [5.74, 6) is -0.573. The predicted octanol–water partition coefficient (Wildman–Crippen LogP) is 0.170. The summed E-state index contributed by atoms with van der Waals surface area (Å²) in [6.07, 6.45) is 3.32. The van der Waals surface area contributed by atoms with Crippen molar-refractivity contribution in [3.63, 3.8) is 0 Å². The summed E-state index contributed by atoms with van der Waals surface area (Å²) in [6, 6.07) is 5.30. The number of amides is 2. The Labute approximate surface area is 122 Å². The van der Waals surface area contributed by atoms with Crippen LogP contribution in [0.15, 0.2) is 30.6 Å². The van der Waals surface area contributed by atoms with Gasteiger partial charge in [-0.2, -0.15) is 5.10 Å². The molecule has 2 amide bonds. The Morgan fingerprint density at radius 1 is 1.24 bits per heavy atom. The second-order valence-corrected chi connectivity index (χ2v) is 4.61. The van der Waals surface area contributed by atoms with Gasteiger partial charge in [-0.3, -0.25) is 19.3 Å². The third kappa shape index (κ3) is 4.13. The molecule has 0 aliphatic carbocycles. The van der Waals surface area contributed by atoms with E-state index in [0.717, 1.165) is 11.3 Å². The Balaban J connectivity index is 1.79. The number of aryl methyl sites for hydroxylation is 2. The average Bonchev–Trinajstić information content (AvgIpc) is 2.82. The van der Waals surface area contributed by atoms with Crippen LogP contribution in [-0.4, -0.2) is 33.1 Å². The van der Waals surface area contributed by atoms with Crippen LogP contribution in [0.2, 0.25) is 0 Å². The van der Waals surface area contributed by atoms with Crippen LogP contribution < -0.4 is 10.6 Å². The largest absolute Gasteiger partial charge is 0.350 e. The number of pyridine rings is 1. The molecule has 7 nitrogen and oxygen atoms in total. The lowest BCUT2D eigenvalue weighted by molar-refractivity contribution is -0.120. The van der Waals surface area contributed by atoms with Crippen LogP contribution in [0.4, 0.5) is 0 Å². The lowest BCUT2D eigenvalue weighted by atomic mass is 10.3. The summed E-state index contributed by atoms with van der Waals surface area (Å²) in [5, 5.41) is 9.37. The van der Waals surface area contributed by atoms with Crippen molar-refractivity contribution in [2.24, 2.45) is 7.05 Å². The number of nitrogens with zero attached hydrogens (tertiary/aromatic N) is 3. The fraction of sp³-hybridized carbons (Fsp3) is 0.286. The zero-order chi connectivity index (χ0) is 15.2. The summed E-state index contributed by atoms with van der Waals surface area (Å²) in [5.41, 5.74) is 2.13. The molecule has 2 aromatic heterocycles. The molecule has 0 aromatic carbocycles. The Bertz CT molecular complexity index is 636. The van der Waals surface area contributed by atoms with E-state index < -0.39 is 0 Å². The van der Waals surface area contributed by atoms with E-state index in [9.17, 15) is 9.59 Å². The van der Waals surface area contributed by atoms with Gasteiger partial charge in [0.2, 0.25) is 5.91 Å². The zero-order valence-corrected chi connectivity index (χ0v) is 12.0. The zero-order valence-electron chi connectivity index (χ0n) is 12.0. The number of hydrogen-bond acceptors (Lipinski definition) is 4. The SMILES string of the molecule is Cc1cc(C(=O)NCC(=O)NCc2ccncc2)n(C)n1. The first-order chi connectivity index (χ1) is 10.1. The molecule has 0 saturated heterocycles. The molecule has 0 atom stereocenters. The van der Waals surface area contributed by atoms with Crippen molar-refractivity contribution in [1.29, 1.82) is 0 Å². The fourth-order valence-corrected chi connectivity index (χ4v) is 1.84. The van der Waals surface area contributed by atoms with E-state index in [4.69, 9.17) is 0 Å². The molecular formula is C14H17N5O2. The minimum Gasteiger partial charge on any atom is -0.350 e. The Morgan fingerprint density at radius 2 is 1.95 bits per heavy atom. The second kappa shape index (κ2) is 6.65. The monoisotopic (exact) mass is 287 g/mol. The summed E-state index contributed by atoms with van der Waals surface area (Å²) >= 11 is 0. The molecule has 2 N–H and O–H groups in total. The molecule has 0 aliphatic rings. The molecule has 7 heteroatoms. The van der Waals surface area contributed by atoms with E-state index in [2.05, 4.69) is 20.7 Å². The van der Waals surface area contributed by atoms with Crippen molar-refractivity contribution in [3.8, 4) is 0 Å². The third-order valence-corrected chi connectivity index (χ3v) is 2.88. The highest BCUT2D eigenvalue weighted by Gasteiger charge is 2.12. The molecule has 2 heterocycles. The summed E-state index contributed by atoms with van der Waals surface area (Å²) in [6.45, 7) is 2.13. The first-order valence-corrected chi connectivity index (χ1v) is 6.50. The highest BCUT2D eigenvalue weighted by Crippen LogP contribution is 2.01. The van der Waals surface area contributed by atoms with Gasteiger partial charge in [-0.25, -0.2) is 0 Å². The average molecular weight is 287 g/mol. The Morgan fingerprint density at radius 3 is 2.57 bits per heavy atom. The highest BCUT2D eigenvalue weighted by atomic mass is 16.2. The molecule has 21 heavy (non-hydrogen) atoms. The molecule has 0 unspecified atom stereocenters. The molecule has 0 fully saturated rings. The van der Waals surface area contributed by atoms with Crippen molar-refractivity contribution in [3.05, 3.63) is 47.5 Å². The minimum absolute atomic E-state index is 0.0753. The number of rotatable bonds is 5. The molecule has 0 spiro atoms. The topological polar surface area (TPSA) is 88.9 Å². The lowest BCUT2D eigenvalue weighted by Crippen LogP contribution is -2.37. The van der Waals surface area contributed by atoms with Crippen LogP contribution in [0.5, 0.6) is 0 Å². The van der Waals surface area contributed by atoms with Gasteiger partial charge in [-0.05, 0) is 30.7 Å². The number of hydrogen-bond donors (Lipinski definition) is 2. The third-order valence-electron chi connectivity index (χ3n) is 2.88. The Hall–Kier alpha value is -2.70. The molecule has 0 aliphatic heterocycles. The summed E-state index contributed by atoms with van der Waals surface area (Å²) < 4.78 is 1.49. The van der Waals surface area contributed by atoms with Crippen LogP contribution in [0.1, 0.15) is 21.7 Å². The van der Waals surface area contributed by atoms with Crippen LogP contribution in [0.3, 0.4) is 0 Å². The van der Waals surface area contributed by atoms with Crippen molar-refractivity contribution >= 4 is 11.8 Å². The maximum Gasteiger partial charge on any atom is 0.269 e. The molecule has 2 rings (SSSR count). The van der Waals surface area contributed by atoms with Gasteiger partial charge in [0.1, 0.15) is 5.69 Å². The first-order valence-electron chi connectivity index (χ1n) is 6.50. The van der Waals surface area contributed by atoms with Crippen LogP contribution >= 0.6 is 0 Å². The van der Waals surface area contributed by atoms with E-state index in [1.165, 1.54) is 4.68 Å². The van der Waals surface area contributed by atoms with E-state index >= 15 is 0 Å². The summed E-state index contributed by atoms with van der Waals surface area (Å²) in [4.78, 5) is 27.5. The number of nitrogens with one attached hydrogen (secondary N) is 2. The van der Waals surface area contributed by atoms with Gasteiger partial charge in [0.25, 0.3) is 5.91 Å². The van der Waals surface area contributed by atoms with Gasteiger partial charge in [-0.1, -0.05) is 0 Å². The second-order valence-electron chi connectivity index (χ2n) is 4.61. The first kappa shape index (κ1) is 14.7. The molecular weight excluding hydrogens is 270 g/mol. The Kier molecular flexibility index (Phi) is 4.65. The van der Waals surface area contributed by atoms with E-state index in [0.29, 0.717) is 12.2 Å². The number of carbonyl (C=O) groups excluding carboxylic acids is 2. The van der Waals surface area contributed by atoms with E-state index in [1.54, 1.807) is 32.4 Å². The maximum absolute atomic E-state index is 11.9. The van der Waals surface area contributed by atoms with Gasteiger partial charge in [0.15, 0.2) is 0 Å². The van der Waals surface area contributed by atoms with E-state index in [-0.39, 0.29) is 18.4 Å². The van der Waals surface area contributed by atoms with Gasteiger partial charge in [0, 0.05) is 26.0 Å². The molecule has 2 aromatic rings. The van der Waals surface area contributed by atoms with Gasteiger partial charge in [0.05, 0.1) is 12.2 Å². The van der Waals surface area contributed by atoms with Crippen molar-refractivity contribution in [1.82, 2.24) is 25.4 Å². The molecule has 0 bridgehead atoms. The van der Waals surface area contributed by atoms with Crippen LogP contribution in [-0.2, 0) is 18.4 Å². The van der Waals surface area contributed by atoms with Crippen LogP contribution in [0, 0.1) is 6.92 Å². The quantitative estimate of drug-likeness (QED) is 0.820. The number of carbonyl (C=O) groups is 2. The fourth-order valence-electron chi connectivity index (χ4n) is 1.84. The van der Waals surface area contributed by atoms with Crippen molar-refractivity contribution in [2.45, 2.75) is 13.5 Å². The minimum atomic E-state index is -0.322. The van der Waals surface area contributed by atoms with Gasteiger partial charge < -0.3 is 10.6 Å². The molecule has 0 saturated carbocycles. The smallest absolute Gasteiger partial charge is 0.269 e.